The Morgan fingerprint density at radius 2 is 2.12 bits per heavy atom. The van der Waals surface area contributed by atoms with Gasteiger partial charge in [0.15, 0.2) is 0 Å². The first-order chi connectivity index (χ1) is 7.61. The lowest BCUT2D eigenvalue weighted by Crippen LogP contribution is -2.40. The van der Waals surface area contributed by atoms with Gasteiger partial charge in [-0.1, -0.05) is 6.08 Å². The Balaban J connectivity index is 2.75. The second-order valence-corrected chi connectivity index (χ2v) is 4.68. The van der Waals surface area contributed by atoms with E-state index in [9.17, 15) is 9.59 Å². The van der Waals surface area contributed by atoms with E-state index in [0.29, 0.717) is 12.2 Å². The molecule has 0 fully saturated rings. The highest BCUT2D eigenvalue weighted by Gasteiger charge is 2.21. The van der Waals surface area contributed by atoms with Crippen LogP contribution in [0.15, 0.2) is 11.8 Å². The van der Waals surface area contributed by atoms with E-state index in [1.807, 2.05) is 0 Å². The highest BCUT2D eigenvalue weighted by Crippen LogP contribution is 2.12. The van der Waals surface area contributed by atoms with Crippen molar-refractivity contribution in [2.24, 2.45) is 0 Å². The molecule has 1 rings (SSSR count). The zero-order chi connectivity index (χ0) is 12.0. The molecule has 0 spiro atoms. The zero-order valence-corrected chi connectivity index (χ0v) is 9.63. The van der Waals surface area contributed by atoms with Crippen LogP contribution >= 0.6 is 11.8 Å². The van der Waals surface area contributed by atoms with Gasteiger partial charge < -0.3 is 15.5 Å². The molecule has 1 aliphatic heterocycles. The Labute approximate surface area is 97.9 Å². The maximum atomic E-state index is 10.9. The Bertz CT molecular complexity index is 303. The van der Waals surface area contributed by atoms with Crippen LogP contribution in [0, 0.1) is 0 Å². The fourth-order valence-corrected chi connectivity index (χ4v) is 2.40. The molecule has 1 unspecified atom stereocenters. The lowest BCUT2D eigenvalue weighted by Gasteiger charge is -2.17. The lowest BCUT2D eigenvalue weighted by molar-refractivity contribution is -0.138. The van der Waals surface area contributed by atoms with E-state index in [1.54, 1.807) is 6.08 Å². The molecular formula is C10H15NO4S. The second-order valence-electron chi connectivity index (χ2n) is 3.53. The summed E-state index contributed by atoms with van der Waals surface area (Å²) in [6.45, 7) is 0. The van der Waals surface area contributed by atoms with Crippen LogP contribution in [0.25, 0.3) is 0 Å². The molecule has 0 amide bonds. The molecule has 1 atom stereocenters. The molecule has 1 aliphatic rings. The predicted molar refractivity (Wildman–Crippen MR) is 61.5 cm³/mol. The van der Waals surface area contributed by atoms with E-state index in [2.05, 4.69) is 5.32 Å². The standard InChI is InChI=1S/C10H15NO4S/c12-9(13)7-4-2-1-3-5-16-6-8(11-7)10(14)15/h4,8,11H,1-3,5-6H2,(H,12,13)(H,14,15)/b7-4-. The van der Waals surface area contributed by atoms with Gasteiger partial charge in [0.25, 0.3) is 0 Å². The predicted octanol–water partition coefficient (Wildman–Crippen LogP) is 0.915. The summed E-state index contributed by atoms with van der Waals surface area (Å²) >= 11 is 1.54. The number of hydrogen-bond acceptors (Lipinski definition) is 4. The van der Waals surface area contributed by atoms with Gasteiger partial charge >= 0.3 is 11.9 Å². The quantitative estimate of drug-likeness (QED) is 0.670. The number of carboxylic acids is 2. The first kappa shape index (κ1) is 12.9. The van der Waals surface area contributed by atoms with Crippen LogP contribution in [-0.2, 0) is 9.59 Å². The van der Waals surface area contributed by atoms with E-state index in [0.717, 1.165) is 18.6 Å². The van der Waals surface area contributed by atoms with E-state index >= 15 is 0 Å². The summed E-state index contributed by atoms with van der Waals surface area (Å²) in [5.74, 6) is -0.807. The van der Waals surface area contributed by atoms with Gasteiger partial charge in [0, 0.05) is 5.75 Å². The van der Waals surface area contributed by atoms with E-state index in [-0.39, 0.29) is 5.70 Å². The minimum Gasteiger partial charge on any atom is -0.480 e. The smallest absolute Gasteiger partial charge is 0.351 e. The van der Waals surface area contributed by atoms with Gasteiger partial charge in [0.2, 0.25) is 0 Å². The van der Waals surface area contributed by atoms with Crippen LogP contribution in [-0.4, -0.2) is 39.7 Å². The van der Waals surface area contributed by atoms with Gasteiger partial charge in [0.05, 0.1) is 0 Å². The van der Waals surface area contributed by atoms with Crippen LogP contribution < -0.4 is 5.32 Å². The van der Waals surface area contributed by atoms with Crippen LogP contribution in [0.2, 0.25) is 0 Å². The molecule has 0 radical (unpaired) electrons. The third-order valence-electron chi connectivity index (χ3n) is 2.23. The summed E-state index contributed by atoms with van der Waals surface area (Å²) in [5.41, 5.74) is -0.00472. The summed E-state index contributed by atoms with van der Waals surface area (Å²) in [6, 6.07) is -0.828. The molecule has 0 aliphatic carbocycles. The fourth-order valence-electron chi connectivity index (χ4n) is 1.37. The minimum absolute atomic E-state index is 0.00472. The molecule has 6 heteroatoms. The number of nitrogens with one attached hydrogen (secondary N) is 1. The third kappa shape index (κ3) is 4.14. The number of allylic oxidation sites excluding steroid dienone is 1. The Hall–Kier alpha value is -1.17. The summed E-state index contributed by atoms with van der Waals surface area (Å²) in [4.78, 5) is 21.7. The molecule has 0 aromatic heterocycles. The molecule has 3 N–H and O–H groups in total. The van der Waals surface area contributed by atoms with Gasteiger partial charge in [-0.2, -0.15) is 11.8 Å². The molecule has 0 aromatic rings. The average Bonchev–Trinajstić information content (AvgIpc) is 2.24. The van der Waals surface area contributed by atoms with Crippen LogP contribution in [0.4, 0.5) is 0 Å². The van der Waals surface area contributed by atoms with Crippen LogP contribution in [0.5, 0.6) is 0 Å². The molecule has 90 valence electrons. The second kappa shape index (κ2) is 6.42. The SMILES string of the molecule is O=C(O)/C1=C/CCCCSCC(C(=O)O)N1. The number of rotatable bonds is 2. The van der Waals surface area contributed by atoms with Crippen LogP contribution in [0.1, 0.15) is 19.3 Å². The summed E-state index contributed by atoms with van der Waals surface area (Å²) < 4.78 is 0. The molecule has 0 saturated heterocycles. The average molecular weight is 245 g/mol. The van der Waals surface area contributed by atoms with Gasteiger partial charge in [0.1, 0.15) is 11.7 Å². The molecule has 0 aromatic carbocycles. The number of aliphatic carboxylic acids is 2. The number of thioether (sulfide) groups is 1. The summed E-state index contributed by atoms with van der Waals surface area (Å²) in [6.07, 6.45) is 4.15. The van der Waals surface area contributed by atoms with Gasteiger partial charge in [-0.3, -0.25) is 0 Å². The van der Waals surface area contributed by atoms with Gasteiger partial charge in [-0.05, 0) is 25.0 Å². The summed E-state index contributed by atoms with van der Waals surface area (Å²) in [5, 5.41) is 20.4. The minimum atomic E-state index is -1.10. The molecule has 1 heterocycles. The lowest BCUT2D eigenvalue weighted by atomic mass is 10.2. The number of carbonyl (C=O) groups is 2. The highest BCUT2D eigenvalue weighted by atomic mass is 32.2. The number of hydrogen-bond donors (Lipinski definition) is 3. The van der Waals surface area contributed by atoms with Crippen molar-refractivity contribution in [3.63, 3.8) is 0 Å². The van der Waals surface area contributed by atoms with Crippen molar-refractivity contribution < 1.29 is 19.8 Å². The van der Waals surface area contributed by atoms with Crippen molar-refractivity contribution in [2.45, 2.75) is 25.3 Å². The van der Waals surface area contributed by atoms with Crippen molar-refractivity contribution in [3.8, 4) is 0 Å². The number of carboxylic acid groups (broad SMARTS) is 2. The van der Waals surface area contributed by atoms with Crippen molar-refractivity contribution in [3.05, 3.63) is 11.8 Å². The maximum Gasteiger partial charge on any atom is 0.351 e. The molecular weight excluding hydrogens is 230 g/mol. The monoisotopic (exact) mass is 245 g/mol. The Morgan fingerprint density at radius 3 is 2.75 bits per heavy atom. The maximum absolute atomic E-state index is 10.9. The Kier molecular flexibility index (Phi) is 5.18. The molecule has 0 saturated carbocycles. The van der Waals surface area contributed by atoms with Crippen molar-refractivity contribution in [1.82, 2.24) is 5.32 Å². The zero-order valence-electron chi connectivity index (χ0n) is 8.81. The third-order valence-corrected chi connectivity index (χ3v) is 3.38. The van der Waals surface area contributed by atoms with Crippen LogP contribution in [0.3, 0.4) is 0 Å². The van der Waals surface area contributed by atoms with E-state index in [1.165, 1.54) is 11.8 Å². The van der Waals surface area contributed by atoms with Crippen molar-refractivity contribution >= 4 is 23.7 Å². The summed E-state index contributed by atoms with van der Waals surface area (Å²) in [7, 11) is 0. The first-order valence-corrected chi connectivity index (χ1v) is 6.27. The fraction of sp³-hybridized carbons (Fsp3) is 0.600. The largest absolute Gasteiger partial charge is 0.480 e. The van der Waals surface area contributed by atoms with E-state index < -0.39 is 18.0 Å². The molecule has 0 bridgehead atoms. The van der Waals surface area contributed by atoms with Gasteiger partial charge in [-0.25, -0.2) is 9.59 Å². The highest BCUT2D eigenvalue weighted by molar-refractivity contribution is 7.99. The van der Waals surface area contributed by atoms with Crippen molar-refractivity contribution in [1.29, 1.82) is 0 Å². The van der Waals surface area contributed by atoms with E-state index in [4.69, 9.17) is 10.2 Å². The first-order valence-electron chi connectivity index (χ1n) is 5.12. The Morgan fingerprint density at radius 1 is 1.38 bits per heavy atom. The normalized spacial score (nSPS) is 26.0. The van der Waals surface area contributed by atoms with Gasteiger partial charge in [-0.15, -0.1) is 0 Å². The molecule has 5 nitrogen and oxygen atoms in total. The van der Waals surface area contributed by atoms with Crippen molar-refractivity contribution in [2.75, 3.05) is 11.5 Å². The molecule has 16 heavy (non-hydrogen) atoms. The topological polar surface area (TPSA) is 86.6 Å².